The van der Waals surface area contributed by atoms with Gasteiger partial charge in [0.1, 0.15) is 6.17 Å². The van der Waals surface area contributed by atoms with Gasteiger partial charge in [-0.15, -0.1) is 0 Å². The molecule has 1 aromatic carbocycles. The second-order valence-corrected chi connectivity index (χ2v) is 5.49. The maximum Gasteiger partial charge on any atom is 0.418 e. The van der Waals surface area contributed by atoms with Gasteiger partial charge in [-0.1, -0.05) is 6.07 Å². The first kappa shape index (κ1) is 16.1. The van der Waals surface area contributed by atoms with Crippen LogP contribution in [0.2, 0.25) is 0 Å². The summed E-state index contributed by atoms with van der Waals surface area (Å²) in [4.78, 5) is 0. The first-order valence-electron chi connectivity index (χ1n) is 7.17. The van der Waals surface area contributed by atoms with Crippen molar-refractivity contribution in [2.75, 3.05) is 25.0 Å². The van der Waals surface area contributed by atoms with E-state index in [1.165, 1.54) is 19.1 Å². The predicted octanol–water partition coefficient (Wildman–Crippen LogP) is 4.15. The van der Waals surface area contributed by atoms with Gasteiger partial charge in [-0.25, -0.2) is 4.39 Å². The van der Waals surface area contributed by atoms with Crippen molar-refractivity contribution in [1.29, 1.82) is 0 Å². The number of hydrogen-bond acceptors (Lipinski definition) is 2. The summed E-state index contributed by atoms with van der Waals surface area (Å²) >= 11 is 0. The molecular formula is C15H20F4N2. The molecule has 1 aromatic rings. The number of benzene rings is 1. The van der Waals surface area contributed by atoms with Crippen LogP contribution in [0.4, 0.5) is 23.2 Å². The van der Waals surface area contributed by atoms with Crippen molar-refractivity contribution < 1.29 is 17.6 Å². The molecule has 21 heavy (non-hydrogen) atoms. The number of hydrogen-bond donors (Lipinski definition) is 2. The average molecular weight is 304 g/mol. The smallest absolute Gasteiger partial charge is 0.385 e. The Morgan fingerprint density at radius 2 is 2.14 bits per heavy atom. The lowest BCUT2D eigenvalue weighted by molar-refractivity contribution is -0.137. The highest BCUT2D eigenvalue weighted by Gasteiger charge is 2.34. The molecule has 118 valence electrons. The van der Waals surface area contributed by atoms with E-state index in [9.17, 15) is 17.6 Å². The molecule has 2 unspecified atom stereocenters. The largest absolute Gasteiger partial charge is 0.418 e. The van der Waals surface area contributed by atoms with Crippen LogP contribution >= 0.6 is 0 Å². The van der Waals surface area contributed by atoms with Crippen LogP contribution in [0.5, 0.6) is 0 Å². The summed E-state index contributed by atoms with van der Waals surface area (Å²) in [7, 11) is 0. The van der Waals surface area contributed by atoms with Crippen LogP contribution in [-0.2, 0) is 6.18 Å². The van der Waals surface area contributed by atoms with Gasteiger partial charge in [0.25, 0.3) is 0 Å². The lowest BCUT2D eigenvalue weighted by Crippen LogP contribution is -2.15. The molecule has 1 heterocycles. The van der Waals surface area contributed by atoms with Gasteiger partial charge in [0.05, 0.1) is 5.56 Å². The van der Waals surface area contributed by atoms with Crippen LogP contribution in [0.25, 0.3) is 0 Å². The molecule has 2 N–H and O–H groups in total. The van der Waals surface area contributed by atoms with E-state index in [0.717, 1.165) is 32.0 Å². The predicted molar refractivity (Wildman–Crippen MR) is 75.1 cm³/mol. The molecule has 0 aliphatic carbocycles. The number of nitrogens with one attached hydrogen (secondary N) is 2. The fraction of sp³-hybridized carbons (Fsp3) is 0.600. The fourth-order valence-electron chi connectivity index (χ4n) is 2.57. The summed E-state index contributed by atoms with van der Waals surface area (Å²) in [6.45, 7) is 3.61. The van der Waals surface area contributed by atoms with Crippen LogP contribution < -0.4 is 10.6 Å². The van der Waals surface area contributed by atoms with Crippen molar-refractivity contribution in [2.24, 2.45) is 5.92 Å². The maximum absolute atomic E-state index is 13.2. The van der Waals surface area contributed by atoms with Gasteiger partial charge in [-0.3, -0.25) is 0 Å². The van der Waals surface area contributed by atoms with Crippen LogP contribution in [0.15, 0.2) is 18.2 Å². The van der Waals surface area contributed by atoms with Gasteiger partial charge >= 0.3 is 6.18 Å². The number of alkyl halides is 4. The maximum atomic E-state index is 13.2. The van der Waals surface area contributed by atoms with E-state index < -0.39 is 17.9 Å². The van der Waals surface area contributed by atoms with Crippen LogP contribution in [0.1, 0.15) is 37.1 Å². The van der Waals surface area contributed by atoms with Crippen molar-refractivity contribution in [3.8, 4) is 0 Å². The highest BCUT2D eigenvalue weighted by atomic mass is 19.4. The fourth-order valence-corrected chi connectivity index (χ4v) is 2.57. The van der Waals surface area contributed by atoms with E-state index in [1.807, 2.05) is 0 Å². The second-order valence-electron chi connectivity index (χ2n) is 5.49. The van der Waals surface area contributed by atoms with E-state index in [1.54, 1.807) is 0 Å². The molecule has 1 fully saturated rings. The van der Waals surface area contributed by atoms with Crippen LogP contribution in [0.3, 0.4) is 0 Å². The zero-order valence-electron chi connectivity index (χ0n) is 11.9. The number of rotatable bonds is 5. The first-order chi connectivity index (χ1) is 9.88. The second kappa shape index (κ2) is 6.64. The van der Waals surface area contributed by atoms with Crippen molar-refractivity contribution in [3.05, 3.63) is 29.3 Å². The minimum atomic E-state index is -4.48. The molecule has 6 heteroatoms. The van der Waals surface area contributed by atoms with Gasteiger partial charge in [0.15, 0.2) is 0 Å². The van der Waals surface area contributed by atoms with Gasteiger partial charge in [-0.05, 0) is 56.5 Å². The average Bonchev–Trinajstić information content (AvgIpc) is 2.90. The zero-order valence-corrected chi connectivity index (χ0v) is 11.9. The Kier molecular flexibility index (Phi) is 5.08. The van der Waals surface area contributed by atoms with E-state index >= 15 is 0 Å². The Hall–Kier alpha value is -1.30. The third-order valence-electron chi connectivity index (χ3n) is 3.84. The number of halogens is 4. The Morgan fingerprint density at radius 3 is 2.71 bits per heavy atom. The quantitative estimate of drug-likeness (QED) is 0.799. The van der Waals surface area contributed by atoms with Crippen molar-refractivity contribution in [1.82, 2.24) is 5.32 Å². The standard InChI is InChI=1S/C15H20F4N2/c1-10(16)12-2-3-14(13(8-12)15(17,18)19)21-7-5-11-4-6-20-9-11/h2-3,8,10-11,20-21H,4-7,9H2,1H3. The number of anilines is 1. The Morgan fingerprint density at radius 1 is 1.38 bits per heavy atom. The summed E-state index contributed by atoms with van der Waals surface area (Å²) in [5, 5.41) is 6.07. The third kappa shape index (κ3) is 4.33. The lowest BCUT2D eigenvalue weighted by atomic mass is 10.0. The summed E-state index contributed by atoms with van der Waals surface area (Å²) < 4.78 is 52.3. The summed E-state index contributed by atoms with van der Waals surface area (Å²) in [5.41, 5.74) is -0.722. The summed E-state index contributed by atoms with van der Waals surface area (Å²) in [6, 6.07) is 3.62. The molecule has 0 amide bonds. The molecular weight excluding hydrogens is 284 g/mol. The molecule has 0 radical (unpaired) electrons. The molecule has 0 aromatic heterocycles. The van der Waals surface area contributed by atoms with Crippen molar-refractivity contribution >= 4 is 5.69 Å². The van der Waals surface area contributed by atoms with Gasteiger partial charge in [0.2, 0.25) is 0 Å². The molecule has 2 atom stereocenters. The molecule has 1 aliphatic rings. The molecule has 0 bridgehead atoms. The van der Waals surface area contributed by atoms with Crippen molar-refractivity contribution in [2.45, 2.75) is 32.1 Å². The molecule has 0 spiro atoms. The molecule has 0 saturated carbocycles. The Bertz CT molecular complexity index is 465. The van der Waals surface area contributed by atoms with Gasteiger partial charge < -0.3 is 10.6 Å². The first-order valence-corrected chi connectivity index (χ1v) is 7.17. The minimum Gasteiger partial charge on any atom is -0.385 e. The highest BCUT2D eigenvalue weighted by Crippen LogP contribution is 2.37. The van der Waals surface area contributed by atoms with Gasteiger partial charge in [-0.2, -0.15) is 13.2 Å². The van der Waals surface area contributed by atoms with E-state index in [2.05, 4.69) is 10.6 Å². The monoisotopic (exact) mass is 304 g/mol. The molecule has 2 rings (SSSR count). The molecule has 1 aliphatic heterocycles. The zero-order chi connectivity index (χ0) is 15.5. The Balaban J connectivity index is 2.06. The van der Waals surface area contributed by atoms with Crippen LogP contribution in [-0.4, -0.2) is 19.6 Å². The molecule has 1 saturated heterocycles. The Labute approximate surface area is 121 Å². The van der Waals surface area contributed by atoms with E-state index in [4.69, 9.17) is 0 Å². The summed E-state index contributed by atoms with van der Waals surface area (Å²) in [6.07, 6.45) is -4.01. The lowest BCUT2D eigenvalue weighted by Gasteiger charge is -2.17. The minimum absolute atomic E-state index is 0.0258. The SMILES string of the molecule is CC(F)c1ccc(NCCC2CCNC2)c(C(F)(F)F)c1. The van der Waals surface area contributed by atoms with Crippen LogP contribution in [0, 0.1) is 5.92 Å². The van der Waals surface area contributed by atoms with E-state index in [-0.39, 0.29) is 11.3 Å². The topological polar surface area (TPSA) is 24.1 Å². The van der Waals surface area contributed by atoms with Crippen molar-refractivity contribution in [3.63, 3.8) is 0 Å². The normalized spacial score (nSPS) is 20.5. The van der Waals surface area contributed by atoms with E-state index in [0.29, 0.717) is 12.5 Å². The van der Waals surface area contributed by atoms with Gasteiger partial charge in [0, 0.05) is 12.2 Å². The third-order valence-corrected chi connectivity index (χ3v) is 3.84. The summed E-state index contributed by atoms with van der Waals surface area (Å²) in [5.74, 6) is 0.511. The molecule has 2 nitrogen and oxygen atoms in total. The highest BCUT2D eigenvalue weighted by molar-refractivity contribution is 5.54.